The lowest BCUT2D eigenvalue weighted by Gasteiger charge is -2.12. The molecule has 27 heavy (non-hydrogen) atoms. The van der Waals surface area contributed by atoms with Crippen molar-refractivity contribution < 1.29 is 19.6 Å². The maximum absolute atomic E-state index is 12.6. The Bertz CT molecular complexity index is 1010. The number of aromatic hydroxyl groups is 1. The lowest BCUT2D eigenvalue weighted by Crippen LogP contribution is -2.27. The number of nitrogens with zero attached hydrogens (tertiary/aromatic N) is 2. The van der Waals surface area contributed by atoms with E-state index in [9.17, 15) is 24.8 Å². The van der Waals surface area contributed by atoms with Crippen LogP contribution in [0.4, 0.5) is 10.5 Å². The van der Waals surface area contributed by atoms with Gasteiger partial charge < -0.3 is 5.11 Å². The number of hydrogen-bond acceptors (Lipinski definition) is 6. The summed E-state index contributed by atoms with van der Waals surface area (Å²) in [6.07, 6.45) is 1.29. The first kappa shape index (κ1) is 19.1. The van der Waals surface area contributed by atoms with Crippen LogP contribution in [-0.2, 0) is 11.3 Å². The molecule has 3 rings (SSSR count). The number of non-ortho nitro benzene ring substituents is 1. The molecule has 2 aromatic carbocycles. The number of phenolic OH excluding ortho intramolecular Hbond substituents is 1. The molecule has 0 spiro atoms. The van der Waals surface area contributed by atoms with E-state index < -0.39 is 16.1 Å². The van der Waals surface area contributed by atoms with E-state index in [4.69, 9.17) is 0 Å². The molecule has 1 N–H and O–H groups in total. The van der Waals surface area contributed by atoms with Crippen LogP contribution in [0.1, 0.15) is 16.7 Å². The van der Waals surface area contributed by atoms with Gasteiger partial charge in [-0.1, -0.05) is 29.8 Å². The molecule has 0 radical (unpaired) electrons. The molecule has 9 heteroatoms. The highest BCUT2D eigenvalue weighted by Gasteiger charge is 2.35. The monoisotopic (exact) mass is 448 g/mol. The highest BCUT2D eigenvalue weighted by Crippen LogP contribution is 2.38. The number of nitro benzene ring substituents is 1. The topological polar surface area (TPSA) is 101 Å². The number of imide groups is 1. The number of benzene rings is 2. The second-order valence-corrected chi connectivity index (χ2v) is 7.73. The number of carbonyl (C=O) groups excluding carboxylic acids is 2. The van der Waals surface area contributed by atoms with E-state index in [1.165, 1.54) is 6.08 Å². The summed E-state index contributed by atoms with van der Waals surface area (Å²) in [6, 6.07) is 9.78. The summed E-state index contributed by atoms with van der Waals surface area (Å²) < 4.78 is 0.127. The van der Waals surface area contributed by atoms with Crippen molar-refractivity contribution in [2.24, 2.45) is 0 Å². The number of amides is 2. The molecule has 138 valence electrons. The van der Waals surface area contributed by atoms with Gasteiger partial charge in [-0.05, 0) is 46.3 Å². The number of aryl methyl sites for hydroxylation is 1. The van der Waals surface area contributed by atoms with Gasteiger partial charge in [0.2, 0.25) is 0 Å². The Hall–Kier alpha value is -2.65. The van der Waals surface area contributed by atoms with Gasteiger partial charge >= 0.3 is 0 Å². The molecule has 0 aliphatic carbocycles. The van der Waals surface area contributed by atoms with Crippen LogP contribution >= 0.6 is 27.7 Å². The minimum absolute atomic E-state index is 0.0807. The van der Waals surface area contributed by atoms with Crippen LogP contribution in [-0.4, -0.2) is 26.1 Å². The van der Waals surface area contributed by atoms with Gasteiger partial charge in [0.25, 0.3) is 16.8 Å². The molecule has 7 nitrogen and oxygen atoms in total. The van der Waals surface area contributed by atoms with E-state index in [0.29, 0.717) is 0 Å². The molecular weight excluding hydrogens is 436 g/mol. The Morgan fingerprint density at radius 1 is 1.30 bits per heavy atom. The number of rotatable bonds is 4. The first-order chi connectivity index (χ1) is 12.8. The largest absolute Gasteiger partial charge is 0.506 e. The predicted molar refractivity (Wildman–Crippen MR) is 105 cm³/mol. The predicted octanol–water partition coefficient (Wildman–Crippen LogP) is 4.61. The van der Waals surface area contributed by atoms with Gasteiger partial charge in [0.05, 0.1) is 20.8 Å². The molecule has 1 aliphatic heterocycles. The Kier molecular flexibility index (Phi) is 5.33. The lowest BCUT2D eigenvalue weighted by molar-refractivity contribution is -0.385. The molecular formula is C18H13BrN2O5S. The van der Waals surface area contributed by atoms with E-state index in [1.807, 2.05) is 31.2 Å². The molecule has 0 bridgehead atoms. The summed E-state index contributed by atoms with van der Waals surface area (Å²) >= 11 is 3.78. The summed E-state index contributed by atoms with van der Waals surface area (Å²) in [5.74, 6) is -0.750. The van der Waals surface area contributed by atoms with Crippen LogP contribution in [0.25, 0.3) is 6.08 Å². The second kappa shape index (κ2) is 7.53. The van der Waals surface area contributed by atoms with Crippen molar-refractivity contribution in [2.45, 2.75) is 13.5 Å². The molecule has 0 saturated carbocycles. The van der Waals surface area contributed by atoms with Crippen molar-refractivity contribution in [3.8, 4) is 5.75 Å². The average molecular weight is 449 g/mol. The van der Waals surface area contributed by atoms with Gasteiger partial charge in [-0.15, -0.1) is 0 Å². The number of thioether (sulfide) groups is 1. The third-order valence-corrected chi connectivity index (χ3v) is 5.38. The van der Waals surface area contributed by atoms with E-state index in [1.54, 1.807) is 0 Å². The Morgan fingerprint density at radius 3 is 2.70 bits per heavy atom. The van der Waals surface area contributed by atoms with Crippen molar-refractivity contribution >= 4 is 50.6 Å². The van der Waals surface area contributed by atoms with Crippen molar-refractivity contribution in [3.63, 3.8) is 0 Å². The zero-order chi connectivity index (χ0) is 19.7. The average Bonchev–Trinajstić information content (AvgIpc) is 2.86. The third kappa shape index (κ3) is 4.04. The molecule has 0 atom stereocenters. The molecule has 1 aliphatic rings. The first-order valence-electron chi connectivity index (χ1n) is 7.74. The van der Waals surface area contributed by atoms with Crippen molar-refractivity contribution in [3.05, 3.63) is 72.6 Å². The number of carbonyl (C=O) groups is 2. The fraction of sp³-hybridized carbons (Fsp3) is 0.111. The normalized spacial score (nSPS) is 15.6. The smallest absolute Gasteiger partial charge is 0.293 e. The van der Waals surface area contributed by atoms with Crippen LogP contribution in [0.5, 0.6) is 5.75 Å². The fourth-order valence-electron chi connectivity index (χ4n) is 2.59. The van der Waals surface area contributed by atoms with Crippen molar-refractivity contribution in [2.75, 3.05) is 0 Å². The highest BCUT2D eigenvalue weighted by atomic mass is 79.9. The Labute approximate surface area is 167 Å². The Balaban J connectivity index is 1.92. The standard InChI is InChI=1S/C18H13BrN2O5S/c1-10-3-2-4-11(5-10)9-20-17(23)15(27-18(20)24)7-12-6-13(21(25)26)8-14(19)16(12)22/h2-8,22H,9H2,1H3/b15-7-. The van der Waals surface area contributed by atoms with Crippen LogP contribution in [0.2, 0.25) is 0 Å². The number of nitro groups is 1. The van der Waals surface area contributed by atoms with Crippen LogP contribution < -0.4 is 0 Å². The van der Waals surface area contributed by atoms with E-state index in [0.717, 1.165) is 39.9 Å². The first-order valence-corrected chi connectivity index (χ1v) is 9.35. The van der Waals surface area contributed by atoms with E-state index >= 15 is 0 Å². The van der Waals surface area contributed by atoms with Crippen LogP contribution in [0.3, 0.4) is 0 Å². The summed E-state index contributed by atoms with van der Waals surface area (Å²) in [6.45, 7) is 2.05. The summed E-state index contributed by atoms with van der Waals surface area (Å²) in [4.78, 5) is 36.5. The van der Waals surface area contributed by atoms with Crippen LogP contribution in [0, 0.1) is 17.0 Å². The molecule has 1 fully saturated rings. The zero-order valence-electron chi connectivity index (χ0n) is 14.0. The quantitative estimate of drug-likeness (QED) is 0.416. The minimum Gasteiger partial charge on any atom is -0.506 e. The fourth-order valence-corrected chi connectivity index (χ4v) is 3.88. The van der Waals surface area contributed by atoms with Gasteiger partial charge in [-0.25, -0.2) is 0 Å². The maximum Gasteiger partial charge on any atom is 0.293 e. The number of halogens is 1. The van der Waals surface area contributed by atoms with Crippen molar-refractivity contribution in [1.82, 2.24) is 4.90 Å². The van der Waals surface area contributed by atoms with E-state index in [2.05, 4.69) is 15.9 Å². The maximum atomic E-state index is 12.6. The zero-order valence-corrected chi connectivity index (χ0v) is 16.4. The number of hydrogen-bond donors (Lipinski definition) is 1. The Morgan fingerprint density at radius 2 is 2.04 bits per heavy atom. The molecule has 0 aromatic heterocycles. The summed E-state index contributed by atoms with van der Waals surface area (Å²) in [5.41, 5.74) is 1.67. The van der Waals surface area contributed by atoms with Gasteiger partial charge in [0, 0.05) is 17.7 Å². The van der Waals surface area contributed by atoms with Gasteiger partial charge in [0.15, 0.2) is 0 Å². The summed E-state index contributed by atoms with van der Waals surface area (Å²) in [5, 5.41) is 20.7. The molecule has 1 heterocycles. The van der Waals surface area contributed by atoms with E-state index in [-0.39, 0.29) is 32.9 Å². The molecule has 2 amide bonds. The highest BCUT2D eigenvalue weighted by molar-refractivity contribution is 9.10. The van der Waals surface area contributed by atoms with Crippen LogP contribution in [0.15, 0.2) is 45.8 Å². The molecule has 0 unspecified atom stereocenters. The SMILES string of the molecule is Cc1cccc(CN2C(=O)S/C(=C\c3cc([N+](=O)[O-])cc(Br)c3O)C2=O)c1. The minimum atomic E-state index is -0.606. The molecule has 2 aromatic rings. The van der Waals surface area contributed by atoms with Gasteiger partial charge in [0.1, 0.15) is 5.75 Å². The van der Waals surface area contributed by atoms with Gasteiger partial charge in [-0.3, -0.25) is 24.6 Å². The molecule has 1 saturated heterocycles. The van der Waals surface area contributed by atoms with Gasteiger partial charge in [-0.2, -0.15) is 0 Å². The van der Waals surface area contributed by atoms with Crippen molar-refractivity contribution in [1.29, 1.82) is 0 Å². The summed E-state index contributed by atoms with van der Waals surface area (Å²) in [7, 11) is 0. The number of phenols is 1. The second-order valence-electron chi connectivity index (χ2n) is 5.88. The lowest BCUT2D eigenvalue weighted by atomic mass is 10.1. The third-order valence-electron chi connectivity index (χ3n) is 3.87.